The fraction of sp³-hybridized carbons (Fsp3) is 0.909. The van der Waals surface area contributed by atoms with Crippen molar-refractivity contribution in [3.8, 4) is 0 Å². The third-order valence-electron chi connectivity index (χ3n) is 2.45. The maximum absolute atomic E-state index is 13.4. The lowest BCUT2D eigenvalue weighted by atomic mass is 9.96. The van der Waals surface area contributed by atoms with Crippen molar-refractivity contribution in [1.29, 1.82) is 0 Å². The van der Waals surface area contributed by atoms with E-state index in [1.54, 1.807) is 20.8 Å². The fourth-order valence-corrected chi connectivity index (χ4v) is 1.63. The van der Waals surface area contributed by atoms with Gasteiger partial charge in [-0.05, 0) is 33.7 Å². The molecule has 0 aliphatic carbocycles. The van der Waals surface area contributed by atoms with Gasteiger partial charge in [0.2, 0.25) is 0 Å². The Bertz CT molecular complexity index is 241. The number of ether oxygens (including phenoxy) is 1. The van der Waals surface area contributed by atoms with E-state index in [0.29, 0.717) is 13.1 Å². The van der Waals surface area contributed by atoms with E-state index in [0.717, 1.165) is 13.0 Å². The topological polar surface area (TPSA) is 50.4 Å². The van der Waals surface area contributed by atoms with Crippen molar-refractivity contribution in [3.05, 3.63) is 0 Å². The summed E-state index contributed by atoms with van der Waals surface area (Å²) >= 11 is 0. The number of carbonyl (C=O) groups excluding carboxylic acids is 1. The van der Waals surface area contributed by atoms with Crippen LogP contribution in [0.15, 0.2) is 0 Å². The minimum Gasteiger partial charge on any atom is -0.444 e. The van der Waals surface area contributed by atoms with Crippen LogP contribution in [0, 0.1) is 5.92 Å². The zero-order chi connectivity index (χ0) is 12.2. The minimum atomic E-state index is -0.885. The van der Waals surface area contributed by atoms with Crippen molar-refractivity contribution in [1.82, 2.24) is 10.6 Å². The van der Waals surface area contributed by atoms with Crippen LogP contribution in [0.4, 0.5) is 9.18 Å². The largest absolute Gasteiger partial charge is 0.444 e. The highest BCUT2D eigenvalue weighted by molar-refractivity contribution is 5.67. The van der Waals surface area contributed by atoms with Gasteiger partial charge in [-0.1, -0.05) is 0 Å². The van der Waals surface area contributed by atoms with Crippen molar-refractivity contribution < 1.29 is 13.9 Å². The Labute approximate surface area is 95.9 Å². The second-order valence-corrected chi connectivity index (χ2v) is 5.15. The zero-order valence-electron chi connectivity index (χ0n) is 10.2. The highest BCUT2D eigenvalue weighted by atomic mass is 19.1. The SMILES string of the molecule is CC(C)(C)OC(=O)NC[C@@H]1CCNC[C@H]1F. The third-order valence-corrected chi connectivity index (χ3v) is 2.45. The summed E-state index contributed by atoms with van der Waals surface area (Å²) in [7, 11) is 0. The van der Waals surface area contributed by atoms with E-state index in [4.69, 9.17) is 4.74 Å². The number of alkyl halides is 1. The van der Waals surface area contributed by atoms with Gasteiger partial charge in [-0.25, -0.2) is 9.18 Å². The lowest BCUT2D eigenvalue weighted by Crippen LogP contribution is -2.44. The van der Waals surface area contributed by atoms with Gasteiger partial charge in [0.1, 0.15) is 11.8 Å². The van der Waals surface area contributed by atoms with Crippen molar-refractivity contribution in [3.63, 3.8) is 0 Å². The van der Waals surface area contributed by atoms with Crippen LogP contribution in [0.25, 0.3) is 0 Å². The van der Waals surface area contributed by atoms with Crippen molar-refractivity contribution in [2.24, 2.45) is 5.92 Å². The van der Waals surface area contributed by atoms with Gasteiger partial charge in [0.25, 0.3) is 0 Å². The molecule has 1 fully saturated rings. The molecule has 0 aromatic heterocycles. The molecule has 4 nitrogen and oxygen atoms in total. The molecule has 16 heavy (non-hydrogen) atoms. The van der Waals surface area contributed by atoms with Crippen LogP contribution >= 0.6 is 0 Å². The number of hydrogen-bond acceptors (Lipinski definition) is 3. The lowest BCUT2D eigenvalue weighted by Gasteiger charge is -2.27. The Morgan fingerprint density at radius 1 is 1.56 bits per heavy atom. The molecule has 0 unspecified atom stereocenters. The van der Waals surface area contributed by atoms with Gasteiger partial charge in [-0.3, -0.25) is 0 Å². The molecule has 0 aromatic carbocycles. The van der Waals surface area contributed by atoms with E-state index in [9.17, 15) is 9.18 Å². The Balaban J connectivity index is 2.25. The first-order chi connectivity index (χ1) is 7.38. The first-order valence-electron chi connectivity index (χ1n) is 5.70. The third kappa shape index (κ3) is 4.79. The van der Waals surface area contributed by atoms with E-state index in [1.807, 2.05) is 0 Å². The normalized spacial score (nSPS) is 26.2. The van der Waals surface area contributed by atoms with Crippen molar-refractivity contribution in [2.45, 2.75) is 39.0 Å². The molecule has 1 aliphatic rings. The first kappa shape index (κ1) is 13.2. The number of piperidine rings is 1. The number of alkyl carbamates (subject to hydrolysis) is 1. The first-order valence-corrected chi connectivity index (χ1v) is 5.70. The highest BCUT2D eigenvalue weighted by Gasteiger charge is 2.25. The van der Waals surface area contributed by atoms with E-state index in [2.05, 4.69) is 10.6 Å². The molecular formula is C11H21FN2O2. The van der Waals surface area contributed by atoms with Crippen LogP contribution < -0.4 is 10.6 Å². The summed E-state index contributed by atoms with van der Waals surface area (Å²) in [5.74, 6) is -0.103. The second kappa shape index (κ2) is 5.48. The molecule has 2 N–H and O–H groups in total. The molecule has 0 spiro atoms. The smallest absolute Gasteiger partial charge is 0.407 e. The minimum absolute atomic E-state index is 0.103. The summed E-state index contributed by atoms with van der Waals surface area (Å²) in [6.45, 7) is 6.93. The molecule has 5 heteroatoms. The van der Waals surface area contributed by atoms with Gasteiger partial charge in [0.05, 0.1) is 0 Å². The van der Waals surface area contributed by atoms with E-state index in [1.165, 1.54) is 0 Å². The van der Waals surface area contributed by atoms with Gasteiger partial charge in [0, 0.05) is 19.0 Å². The second-order valence-electron chi connectivity index (χ2n) is 5.15. The summed E-state index contributed by atoms with van der Waals surface area (Å²) in [5, 5.41) is 5.58. The van der Waals surface area contributed by atoms with Gasteiger partial charge in [-0.2, -0.15) is 0 Å². The van der Waals surface area contributed by atoms with Crippen LogP contribution in [-0.2, 0) is 4.74 Å². The molecule has 1 rings (SSSR count). The van der Waals surface area contributed by atoms with E-state index < -0.39 is 17.9 Å². The van der Waals surface area contributed by atoms with Crippen molar-refractivity contribution >= 4 is 6.09 Å². The Kier molecular flexibility index (Phi) is 4.53. The maximum Gasteiger partial charge on any atom is 0.407 e. The van der Waals surface area contributed by atoms with Crippen LogP contribution in [0.5, 0.6) is 0 Å². The number of nitrogens with one attached hydrogen (secondary N) is 2. The average Bonchev–Trinajstić information content (AvgIpc) is 2.14. The molecule has 0 saturated carbocycles. The molecule has 0 aromatic rings. The van der Waals surface area contributed by atoms with Gasteiger partial charge in [-0.15, -0.1) is 0 Å². The monoisotopic (exact) mass is 232 g/mol. The molecular weight excluding hydrogens is 211 g/mol. The molecule has 0 bridgehead atoms. The molecule has 2 atom stereocenters. The predicted octanol–water partition coefficient (Wildman–Crippen LogP) is 1.46. The Morgan fingerprint density at radius 2 is 2.25 bits per heavy atom. The molecule has 1 saturated heterocycles. The summed E-state index contributed by atoms with van der Waals surface area (Å²) in [4.78, 5) is 11.3. The summed E-state index contributed by atoms with van der Waals surface area (Å²) < 4.78 is 18.5. The summed E-state index contributed by atoms with van der Waals surface area (Å²) in [6, 6.07) is 0. The fourth-order valence-electron chi connectivity index (χ4n) is 1.63. The molecule has 1 aliphatic heterocycles. The average molecular weight is 232 g/mol. The molecule has 1 amide bonds. The number of amides is 1. The maximum atomic E-state index is 13.4. The highest BCUT2D eigenvalue weighted by Crippen LogP contribution is 2.15. The Hall–Kier alpha value is -0.840. The summed E-state index contributed by atoms with van der Waals surface area (Å²) in [6.07, 6.45) is -0.612. The zero-order valence-corrected chi connectivity index (χ0v) is 10.2. The van der Waals surface area contributed by atoms with Crippen LogP contribution in [0.2, 0.25) is 0 Å². The number of carbonyl (C=O) groups is 1. The number of halogens is 1. The van der Waals surface area contributed by atoms with E-state index in [-0.39, 0.29) is 5.92 Å². The predicted molar refractivity (Wildman–Crippen MR) is 60.1 cm³/mol. The number of rotatable bonds is 2. The lowest BCUT2D eigenvalue weighted by molar-refractivity contribution is 0.0502. The van der Waals surface area contributed by atoms with Crippen LogP contribution in [-0.4, -0.2) is 37.5 Å². The van der Waals surface area contributed by atoms with Crippen LogP contribution in [0.3, 0.4) is 0 Å². The molecule has 1 heterocycles. The van der Waals surface area contributed by atoms with Gasteiger partial charge >= 0.3 is 6.09 Å². The van der Waals surface area contributed by atoms with Gasteiger partial charge < -0.3 is 15.4 Å². The van der Waals surface area contributed by atoms with E-state index >= 15 is 0 Å². The standard InChI is InChI=1S/C11H21FN2O2/c1-11(2,3)16-10(15)14-6-8-4-5-13-7-9(8)12/h8-9,13H,4-7H2,1-3H3,(H,14,15)/t8-,9+/m0/s1. The molecule has 0 radical (unpaired) electrons. The summed E-state index contributed by atoms with van der Waals surface area (Å²) in [5.41, 5.74) is -0.507. The van der Waals surface area contributed by atoms with Gasteiger partial charge in [0.15, 0.2) is 0 Å². The number of hydrogen-bond donors (Lipinski definition) is 2. The van der Waals surface area contributed by atoms with Crippen LogP contribution in [0.1, 0.15) is 27.2 Å². The van der Waals surface area contributed by atoms with Crippen molar-refractivity contribution in [2.75, 3.05) is 19.6 Å². The Morgan fingerprint density at radius 3 is 2.81 bits per heavy atom. The molecule has 94 valence electrons. The quantitative estimate of drug-likeness (QED) is 0.758.